The maximum absolute atomic E-state index is 5.14. The standard InChI is InChI=1S/C45H27N3/c1-3-11-30-25-43-39(23-28(30)9-1)37-13-5-7-15-41(37)47(43)34-19-20-36-32(21-34)17-18-33-22-35(27-46-45(33)36)48-42-16-8-6-14-38(42)40-24-29-10-2-4-12-31(29)26-44(40)48/h1-27H. The molecular formula is C45H27N3. The molecule has 0 saturated carbocycles. The maximum Gasteiger partial charge on any atom is 0.0781 e. The number of pyridine rings is 1. The van der Waals surface area contributed by atoms with Crippen LogP contribution < -0.4 is 0 Å². The summed E-state index contributed by atoms with van der Waals surface area (Å²) in [4.78, 5) is 5.14. The van der Waals surface area contributed by atoms with E-state index in [4.69, 9.17) is 4.98 Å². The summed E-state index contributed by atoms with van der Waals surface area (Å²) in [5.41, 5.74) is 8.05. The van der Waals surface area contributed by atoms with Gasteiger partial charge in [-0.15, -0.1) is 0 Å². The fraction of sp³-hybridized carbons (Fsp3) is 0. The number of aromatic nitrogens is 3. The van der Waals surface area contributed by atoms with Crippen LogP contribution in [0.25, 0.3) is 98.2 Å². The van der Waals surface area contributed by atoms with E-state index in [2.05, 4.69) is 167 Å². The number of fused-ring (bicyclic) bond motifs is 11. The summed E-state index contributed by atoms with van der Waals surface area (Å²) in [7, 11) is 0. The second-order valence-corrected chi connectivity index (χ2v) is 12.9. The van der Waals surface area contributed by atoms with Gasteiger partial charge in [0.25, 0.3) is 0 Å². The third-order valence-corrected chi connectivity index (χ3v) is 10.2. The summed E-state index contributed by atoms with van der Waals surface area (Å²) in [6.07, 6.45) is 2.04. The first-order valence-corrected chi connectivity index (χ1v) is 16.5. The summed E-state index contributed by atoms with van der Waals surface area (Å²) in [6, 6.07) is 57.5. The van der Waals surface area contributed by atoms with Gasteiger partial charge in [-0.05, 0) is 81.5 Å². The fourth-order valence-electron chi connectivity index (χ4n) is 8.03. The number of nitrogens with zero attached hydrogens (tertiary/aromatic N) is 3. The van der Waals surface area contributed by atoms with Gasteiger partial charge in [0, 0.05) is 38.0 Å². The van der Waals surface area contributed by atoms with Gasteiger partial charge in [0.05, 0.1) is 39.5 Å². The van der Waals surface area contributed by atoms with Crippen molar-refractivity contribution in [2.45, 2.75) is 0 Å². The van der Waals surface area contributed by atoms with Gasteiger partial charge in [-0.3, -0.25) is 4.98 Å². The van der Waals surface area contributed by atoms with Crippen LogP contribution >= 0.6 is 0 Å². The second-order valence-electron chi connectivity index (χ2n) is 12.9. The van der Waals surface area contributed by atoms with Crippen molar-refractivity contribution in [3.05, 3.63) is 164 Å². The van der Waals surface area contributed by atoms with E-state index in [1.165, 1.54) is 70.5 Å². The number of rotatable bonds is 2. The summed E-state index contributed by atoms with van der Waals surface area (Å²) < 4.78 is 4.77. The first kappa shape index (κ1) is 25.7. The fourth-order valence-corrected chi connectivity index (χ4v) is 8.03. The number of hydrogen-bond donors (Lipinski definition) is 0. The van der Waals surface area contributed by atoms with E-state index in [1.54, 1.807) is 0 Å². The smallest absolute Gasteiger partial charge is 0.0781 e. The summed E-state index contributed by atoms with van der Waals surface area (Å²) in [5, 5.41) is 13.5. The molecule has 0 amide bonds. The lowest BCUT2D eigenvalue weighted by Gasteiger charge is -2.12. The van der Waals surface area contributed by atoms with Gasteiger partial charge in [0.2, 0.25) is 0 Å². The average molecular weight is 610 g/mol. The van der Waals surface area contributed by atoms with Gasteiger partial charge < -0.3 is 9.13 Å². The quantitative estimate of drug-likeness (QED) is 0.179. The molecule has 0 unspecified atom stereocenters. The predicted octanol–water partition coefficient (Wildman–Crippen LogP) is 11.9. The number of benzene rings is 8. The molecule has 3 heteroatoms. The van der Waals surface area contributed by atoms with E-state index in [-0.39, 0.29) is 0 Å². The minimum atomic E-state index is 1.02. The van der Waals surface area contributed by atoms with Gasteiger partial charge in [-0.2, -0.15) is 0 Å². The molecule has 3 heterocycles. The lowest BCUT2D eigenvalue weighted by molar-refractivity contribution is 1.16. The molecule has 0 fully saturated rings. The molecule has 0 aliphatic rings. The highest BCUT2D eigenvalue weighted by Crippen LogP contribution is 2.38. The van der Waals surface area contributed by atoms with Crippen LogP contribution in [0.15, 0.2) is 164 Å². The highest BCUT2D eigenvalue weighted by atomic mass is 15.0. The molecule has 3 aromatic heterocycles. The van der Waals surface area contributed by atoms with Gasteiger partial charge in [-0.1, -0.05) is 103 Å². The Bertz CT molecular complexity index is 2910. The van der Waals surface area contributed by atoms with Gasteiger partial charge in [-0.25, -0.2) is 0 Å². The lowest BCUT2D eigenvalue weighted by atomic mass is 10.0. The highest BCUT2D eigenvalue weighted by Gasteiger charge is 2.16. The van der Waals surface area contributed by atoms with Crippen molar-refractivity contribution in [2.75, 3.05) is 0 Å². The zero-order valence-electron chi connectivity index (χ0n) is 25.9. The van der Waals surface area contributed by atoms with Crippen molar-refractivity contribution in [2.24, 2.45) is 0 Å². The van der Waals surface area contributed by atoms with Crippen molar-refractivity contribution >= 4 is 86.8 Å². The molecule has 3 nitrogen and oxygen atoms in total. The molecule has 0 atom stereocenters. The Balaban J connectivity index is 1.10. The molecule has 222 valence electrons. The summed E-state index contributed by atoms with van der Waals surface area (Å²) in [5.74, 6) is 0. The minimum absolute atomic E-state index is 1.02. The zero-order valence-corrected chi connectivity index (χ0v) is 25.9. The van der Waals surface area contributed by atoms with Gasteiger partial charge >= 0.3 is 0 Å². The molecule has 0 radical (unpaired) electrons. The average Bonchev–Trinajstić information content (AvgIpc) is 3.64. The third-order valence-electron chi connectivity index (χ3n) is 10.2. The Labute approximate surface area is 275 Å². The summed E-state index contributed by atoms with van der Waals surface area (Å²) in [6.45, 7) is 0. The Morgan fingerprint density at radius 3 is 1.44 bits per heavy atom. The van der Waals surface area contributed by atoms with Crippen LogP contribution in [-0.2, 0) is 0 Å². The van der Waals surface area contributed by atoms with Crippen LogP contribution in [0.5, 0.6) is 0 Å². The zero-order chi connectivity index (χ0) is 31.3. The van der Waals surface area contributed by atoms with Crippen molar-refractivity contribution in [3.63, 3.8) is 0 Å². The van der Waals surface area contributed by atoms with Crippen molar-refractivity contribution in [1.82, 2.24) is 14.1 Å². The van der Waals surface area contributed by atoms with E-state index >= 15 is 0 Å². The molecule has 0 saturated heterocycles. The van der Waals surface area contributed by atoms with Gasteiger partial charge in [0.1, 0.15) is 0 Å². The second kappa shape index (κ2) is 9.54. The molecule has 11 rings (SSSR count). The first-order chi connectivity index (χ1) is 23.8. The largest absolute Gasteiger partial charge is 0.309 e. The Kier molecular flexibility index (Phi) is 5.11. The number of hydrogen-bond acceptors (Lipinski definition) is 1. The molecule has 8 aromatic carbocycles. The minimum Gasteiger partial charge on any atom is -0.309 e. The molecule has 0 spiro atoms. The van der Waals surface area contributed by atoms with Crippen molar-refractivity contribution < 1.29 is 0 Å². The van der Waals surface area contributed by atoms with Crippen molar-refractivity contribution in [3.8, 4) is 11.4 Å². The van der Waals surface area contributed by atoms with E-state index < -0.39 is 0 Å². The topological polar surface area (TPSA) is 22.8 Å². The monoisotopic (exact) mass is 609 g/mol. The molecule has 0 aliphatic carbocycles. The van der Waals surface area contributed by atoms with E-state index in [0.29, 0.717) is 0 Å². The highest BCUT2D eigenvalue weighted by molar-refractivity contribution is 6.15. The van der Waals surface area contributed by atoms with E-state index in [1.807, 2.05) is 6.20 Å². The molecule has 0 N–H and O–H groups in total. The molecule has 0 aliphatic heterocycles. The van der Waals surface area contributed by atoms with E-state index in [0.717, 1.165) is 27.7 Å². The van der Waals surface area contributed by atoms with Crippen LogP contribution in [0.1, 0.15) is 0 Å². The van der Waals surface area contributed by atoms with Crippen LogP contribution in [0, 0.1) is 0 Å². The third kappa shape index (κ3) is 3.56. The Hall–Kier alpha value is -6.45. The normalized spacial score (nSPS) is 12.2. The Morgan fingerprint density at radius 1 is 0.312 bits per heavy atom. The van der Waals surface area contributed by atoms with Crippen LogP contribution in [-0.4, -0.2) is 14.1 Å². The first-order valence-electron chi connectivity index (χ1n) is 16.5. The maximum atomic E-state index is 5.14. The predicted molar refractivity (Wildman–Crippen MR) is 203 cm³/mol. The van der Waals surface area contributed by atoms with Crippen LogP contribution in [0.3, 0.4) is 0 Å². The Morgan fingerprint density at radius 2 is 0.812 bits per heavy atom. The number of para-hydroxylation sites is 2. The van der Waals surface area contributed by atoms with Gasteiger partial charge in [0.15, 0.2) is 0 Å². The van der Waals surface area contributed by atoms with Crippen LogP contribution in [0.4, 0.5) is 0 Å². The van der Waals surface area contributed by atoms with E-state index in [9.17, 15) is 0 Å². The molecule has 48 heavy (non-hydrogen) atoms. The SMILES string of the molecule is c1ccc2cc3c(cc2c1)c1ccccc1n3-c1ccc2c(ccc3cc(-n4c5ccccc5c5cc6ccccc6cc54)cnc32)c1. The molecule has 11 aromatic rings. The molecular weight excluding hydrogens is 583 g/mol. The van der Waals surface area contributed by atoms with Crippen molar-refractivity contribution in [1.29, 1.82) is 0 Å². The molecule has 0 bridgehead atoms. The van der Waals surface area contributed by atoms with Crippen LogP contribution in [0.2, 0.25) is 0 Å². The lowest BCUT2D eigenvalue weighted by Crippen LogP contribution is -1.96. The summed E-state index contributed by atoms with van der Waals surface area (Å²) >= 11 is 0.